The highest BCUT2D eigenvalue weighted by atomic mass is 32.2. The lowest BCUT2D eigenvalue weighted by Gasteiger charge is -2.14. The van der Waals surface area contributed by atoms with Gasteiger partial charge in [-0.25, -0.2) is 12.8 Å². The van der Waals surface area contributed by atoms with E-state index in [1.54, 1.807) is 12.1 Å². The monoisotopic (exact) mass is 259 g/mol. The molecule has 2 rings (SSSR count). The van der Waals surface area contributed by atoms with E-state index in [2.05, 4.69) is 0 Å². The van der Waals surface area contributed by atoms with E-state index in [9.17, 15) is 12.8 Å². The molecule has 0 N–H and O–H groups in total. The molecule has 0 aromatic heterocycles. The third-order valence-electron chi connectivity index (χ3n) is 2.64. The fraction of sp³-hybridized carbons (Fsp3) is 0.455. The van der Waals surface area contributed by atoms with Gasteiger partial charge in [0, 0.05) is 13.1 Å². The molecule has 0 spiro atoms. The summed E-state index contributed by atoms with van der Waals surface area (Å²) in [6, 6.07) is 6.08. The Labute approximate surface area is 100 Å². The average Bonchev–Trinajstić information content (AvgIpc) is 2.61. The van der Waals surface area contributed by atoms with E-state index in [-0.39, 0.29) is 24.7 Å². The maximum absolute atomic E-state index is 13.2. The van der Waals surface area contributed by atoms with Gasteiger partial charge in [-0.15, -0.1) is 0 Å². The summed E-state index contributed by atoms with van der Waals surface area (Å²) in [7, 11) is -3.09. The van der Waals surface area contributed by atoms with Gasteiger partial charge in [-0.1, -0.05) is 12.1 Å². The highest BCUT2D eigenvalue weighted by molar-refractivity contribution is 7.89. The van der Waals surface area contributed by atoms with E-state index >= 15 is 0 Å². The molecule has 1 fully saturated rings. The van der Waals surface area contributed by atoms with Gasteiger partial charge in [0.1, 0.15) is 6.61 Å². The third kappa shape index (κ3) is 2.95. The zero-order valence-electron chi connectivity index (χ0n) is 9.30. The first-order valence-corrected chi connectivity index (χ1v) is 7.06. The lowest BCUT2D eigenvalue weighted by molar-refractivity contribution is 0.268. The molecule has 4 nitrogen and oxygen atoms in total. The van der Waals surface area contributed by atoms with Crippen LogP contribution in [0.4, 0.5) is 4.39 Å². The van der Waals surface area contributed by atoms with Crippen LogP contribution in [0.5, 0.6) is 5.75 Å². The fourth-order valence-electron chi connectivity index (χ4n) is 1.76. The molecular formula is C11H14FNO3S. The molecule has 0 saturated carbocycles. The molecule has 0 bridgehead atoms. The maximum atomic E-state index is 13.2. The fourth-order valence-corrected chi connectivity index (χ4v) is 3.27. The normalized spacial score (nSPS) is 19.4. The molecule has 0 radical (unpaired) electrons. The Hall–Kier alpha value is -1.14. The molecule has 0 amide bonds. The predicted molar refractivity (Wildman–Crippen MR) is 61.9 cm³/mol. The SMILES string of the molecule is O=S1(=O)CCCN1CCOc1ccccc1F. The number of hydrogen-bond acceptors (Lipinski definition) is 3. The van der Waals surface area contributed by atoms with Crippen LogP contribution in [-0.2, 0) is 10.0 Å². The van der Waals surface area contributed by atoms with Crippen molar-refractivity contribution < 1.29 is 17.5 Å². The van der Waals surface area contributed by atoms with Crippen molar-refractivity contribution in [3.05, 3.63) is 30.1 Å². The Balaban J connectivity index is 1.86. The Kier molecular flexibility index (Phi) is 3.63. The Morgan fingerprint density at radius 2 is 2.12 bits per heavy atom. The number of nitrogens with zero attached hydrogens (tertiary/aromatic N) is 1. The Morgan fingerprint density at radius 3 is 2.76 bits per heavy atom. The lowest BCUT2D eigenvalue weighted by Crippen LogP contribution is -2.30. The van der Waals surface area contributed by atoms with Crippen LogP contribution in [0.2, 0.25) is 0 Å². The van der Waals surface area contributed by atoms with Gasteiger partial charge in [-0.3, -0.25) is 0 Å². The third-order valence-corrected chi connectivity index (χ3v) is 4.59. The minimum absolute atomic E-state index is 0.157. The van der Waals surface area contributed by atoms with Gasteiger partial charge in [-0.2, -0.15) is 4.31 Å². The second-order valence-corrected chi connectivity index (χ2v) is 5.94. The molecule has 0 unspecified atom stereocenters. The van der Waals surface area contributed by atoms with E-state index < -0.39 is 15.8 Å². The van der Waals surface area contributed by atoms with Crippen molar-refractivity contribution in [2.24, 2.45) is 0 Å². The summed E-state index contributed by atoms with van der Waals surface area (Å²) < 4.78 is 42.7. The van der Waals surface area contributed by atoms with Crippen LogP contribution in [0, 0.1) is 5.82 Å². The highest BCUT2D eigenvalue weighted by Crippen LogP contribution is 2.16. The molecule has 1 aromatic rings. The molecule has 1 aliphatic heterocycles. The van der Waals surface area contributed by atoms with Crippen LogP contribution in [0.1, 0.15) is 6.42 Å². The largest absolute Gasteiger partial charge is 0.489 e. The predicted octanol–water partition coefficient (Wildman–Crippen LogP) is 1.24. The minimum atomic E-state index is -3.09. The second-order valence-electron chi connectivity index (χ2n) is 3.85. The highest BCUT2D eigenvalue weighted by Gasteiger charge is 2.27. The zero-order valence-corrected chi connectivity index (χ0v) is 10.1. The van der Waals surface area contributed by atoms with Crippen LogP contribution < -0.4 is 4.74 Å². The number of rotatable bonds is 4. The van der Waals surface area contributed by atoms with Crippen LogP contribution in [0.3, 0.4) is 0 Å². The molecule has 94 valence electrons. The van der Waals surface area contributed by atoms with Gasteiger partial charge in [0.05, 0.1) is 5.75 Å². The van der Waals surface area contributed by atoms with Crippen molar-refractivity contribution in [3.63, 3.8) is 0 Å². The van der Waals surface area contributed by atoms with E-state index in [0.29, 0.717) is 13.0 Å². The van der Waals surface area contributed by atoms with Crippen LogP contribution in [0.25, 0.3) is 0 Å². The van der Waals surface area contributed by atoms with Gasteiger partial charge in [-0.05, 0) is 18.6 Å². The first-order valence-electron chi connectivity index (χ1n) is 5.45. The van der Waals surface area contributed by atoms with Gasteiger partial charge in [0.15, 0.2) is 11.6 Å². The molecule has 1 saturated heterocycles. The summed E-state index contributed by atoms with van der Waals surface area (Å²) in [5, 5.41) is 0. The van der Waals surface area contributed by atoms with E-state index in [1.165, 1.54) is 16.4 Å². The summed E-state index contributed by atoms with van der Waals surface area (Å²) in [6.45, 7) is 0.972. The Morgan fingerprint density at radius 1 is 1.35 bits per heavy atom. The van der Waals surface area contributed by atoms with E-state index in [0.717, 1.165) is 0 Å². The maximum Gasteiger partial charge on any atom is 0.214 e. The summed E-state index contributed by atoms with van der Waals surface area (Å²) in [5.74, 6) is -0.0759. The number of para-hydroxylation sites is 1. The summed E-state index contributed by atoms with van der Waals surface area (Å²) in [6.07, 6.45) is 0.655. The molecule has 1 heterocycles. The number of sulfonamides is 1. The van der Waals surface area contributed by atoms with Gasteiger partial charge in [0.25, 0.3) is 0 Å². The molecule has 0 atom stereocenters. The van der Waals surface area contributed by atoms with Crippen LogP contribution >= 0.6 is 0 Å². The zero-order chi connectivity index (χ0) is 12.3. The van der Waals surface area contributed by atoms with Crippen molar-refractivity contribution in [3.8, 4) is 5.75 Å². The van der Waals surface area contributed by atoms with Crippen molar-refractivity contribution in [2.45, 2.75) is 6.42 Å². The van der Waals surface area contributed by atoms with Crippen molar-refractivity contribution in [2.75, 3.05) is 25.4 Å². The van der Waals surface area contributed by atoms with E-state index in [1.807, 2.05) is 0 Å². The van der Waals surface area contributed by atoms with E-state index in [4.69, 9.17) is 4.74 Å². The first kappa shape index (κ1) is 12.3. The van der Waals surface area contributed by atoms with Gasteiger partial charge < -0.3 is 4.74 Å². The standard InChI is InChI=1S/C11H14FNO3S/c12-10-4-1-2-5-11(10)16-8-7-13-6-3-9-17(13,14)15/h1-2,4-5H,3,6-9H2. The number of benzene rings is 1. The van der Waals surface area contributed by atoms with Crippen molar-refractivity contribution in [1.82, 2.24) is 4.31 Å². The summed E-state index contributed by atoms with van der Waals surface area (Å²) >= 11 is 0. The molecular weight excluding hydrogens is 245 g/mol. The quantitative estimate of drug-likeness (QED) is 0.817. The average molecular weight is 259 g/mol. The van der Waals surface area contributed by atoms with Crippen molar-refractivity contribution >= 4 is 10.0 Å². The summed E-state index contributed by atoms with van der Waals surface area (Å²) in [5.41, 5.74) is 0. The number of halogens is 1. The van der Waals surface area contributed by atoms with Crippen molar-refractivity contribution in [1.29, 1.82) is 0 Å². The number of ether oxygens (including phenoxy) is 1. The molecule has 1 aromatic carbocycles. The van der Waals surface area contributed by atoms with Gasteiger partial charge >= 0.3 is 0 Å². The molecule has 1 aliphatic rings. The second kappa shape index (κ2) is 5.01. The van der Waals surface area contributed by atoms with Crippen LogP contribution in [0.15, 0.2) is 24.3 Å². The topological polar surface area (TPSA) is 46.6 Å². The molecule has 6 heteroatoms. The smallest absolute Gasteiger partial charge is 0.214 e. The molecule has 17 heavy (non-hydrogen) atoms. The van der Waals surface area contributed by atoms with Crippen LogP contribution in [-0.4, -0.2) is 38.2 Å². The summed E-state index contributed by atoms with van der Waals surface area (Å²) in [4.78, 5) is 0. The first-order chi connectivity index (χ1) is 8.09. The Bertz CT molecular complexity index is 489. The minimum Gasteiger partial charge on any atom is -0.489 e. The van der Waals surface area contributed by atoms with Gasteiger partial charge in [0.2, 0.25) is 10.0 Å². The lowest BCUT2D eigenvalue weighted by atomic mass is 10.3. The number of hydrogen-bond donors (Lipinski definition) is 0. The molecule has 0 aliphatic carbocycles.